The van der Waals surface area contributed by atoms with E-state index in [1.165, 1.54) is 5.56 Å². The number of hydrogen-bond donors (Lipinski definition) is 1. The van der Waals surface area contributed by atoms with Gasteiger partial charge in [-0.15, -0.1) is 0 Å². The van der Waals surface area contributed by atoms with Crippen molar-refractivity contribution in [1.82, 2.24) is 4.57 Å². The molecule has 1 aliphatic rings. The van der Waals surface area contributed by atoms with Crippen LogP contribution in [0.5, 0.6) is 11.5 Å². The summed E-state index contributed by atoms with van der Waals surface area (Å²) in [4.78, 5) is 24.5. The average molecular weight is 526 g/mol. The summed E-state index contributed by atoms with van der Waals surface area (Å²) < 4.78 is 15.0. The molecule has 1 atom stereocenters. The summed E-state index contributed by atoms with van der Waals surface area (Å²) in [5, 5.41) is 9.89. The number of aromatic nitrogens is 1. The van der Waals surface area contributed by atoms with Gasteiger partial charge in [-0.2, -0.15) is 0 Å². The summed E-state index contributed by atoms with van der Waals surface area (Å²) in [6.07, 6.45) is 6.39. The minimum atomic E-state index is -0.864. The van der Waals surface area contributed by atoms with Gasteiger partial charge in [0.25, 0.3) is 5.79 Å². The first-order valence-corrected chi connectivity index (χ1v) is 13.9. The van der Waals surface area contributed by atoms with Crippen LogP contribution in [0.25, 0.3) is 10.9 Å². The minimum Gasteiger partial charge on any atom is -0.481 e. The lowest BCUT2D eigenvalue weighted by Gasteiger charge is -2.28. The van der Waals surface area contributed by atoms with E-state index in [9.17, 15) is 9.59 Å². The Morgan fingerprint density at radius 2 is 1.64 bits per heavy atom. The van der Waals surface area contributed by atoms with Gasteiger partial charge in [-0.05, 0) is 48.6 Å². The largest absolute Gasteiger partial charge is 0.481 e. The van der Waals surface area contributed by atoms with Gasteiger partial charge < -0.3 is 19.1 Å². The van der Waals surface area contributed by atoms with Crippen LogP contribution in [-0.4, -0.2) is 21.4 Å². The number of carboxylic acids is 1. The maximum atomic E-state index is 13.5. The second-order valence-corrected chi connectivity index (χ2v) is 10.2. The average Bonchev–Trinajstić information content (AvgIpc) is 3.51. The van der Waals surface area contributed by atoms with Crippen molar-refractivity contribution in [2.24, 2.45) is 0 Å². The number of Topliss-reactive ketones (excluding diaryl/α,β-unsaturated/α-hetero) is 1. The minimum absolute atomic E-state index is 0.00875. The second kappa shape index (κ2) is 11.4. The lowest BCUT2D eigenvalue weighted by molar-refractivity contribution is -0.137. The van der Waals surface area contributed by atoms with Crippen LogP contribution in [0, 0.1) is 0 Å². The van der Waals surface area contributed by atoms with Crippen LogP contribution in [0.4, 0.5) is 0 Å². The van der Waals surface area contributed by atoms with Gasteiger partial charge in [0.05, 0.1) is 0 Å². The number of ether oxygens (including phenoxy) is 2. The standard InChI is InChI=1S/C33H35NO5/c1-3-5-18-33(25-15-12-23(4-2)13-16-25)38-30-17-14-24(21-31(30)39-33)20-29(35)27-22-34(19-8-11-32(36)37)28-10-7-6-9-26(27)28/h6-7,9-10,12-17,21-22H,3-5,8,11,18-20H2,1-2H3,(H,36,37). The first-order chi connectivity index (χ1) is 18.9. The number of carbonyl (C=O) groups excluding carboxylic acids is 1. The molecule has 3 aromatic carbocycles. The van der Waals surface area contributed by atoms with E-state index in [0.29, 0.717) is 30.0 Å². The molecule has 6 heteroatoms. The Morgan fingerprint density at radius 3 is 2.38 bits per heavy atom. The molecule has 39 heavy (non-hydrogen) atoms. The van der Waals surface area contributed by atoms with Crippen molar-refractivity contribution in [2.75, 3.05) is 0 Å². The van der Waals surface area contributed by atoms with Crippen LogP contribution >= 0.6 is 0 Å². The number of carbonyl (C=O) groups is 2. The highest BCUT2D eigenvalue weighted by molar-refractivity contribution is 6.08. The third-order valence-electron chi connectivity index (χ3n) is 7.46. The Balaban J connectivity index is 1.37. The zero-order valence-corrected chi connectivity index (χ0v) is 22.6. The zero-order valence-electron chi connectivity index (χ0n) is 22.6. The zero-order chi connectivity index (χ0) is 27.4. The van der Waals surface area contributed by atoms with E-state index in [2.05, 4.69) is 38.1 Å². The van der Waals surface area contributed by atoms with Gasteiger partial charge in [-0.1, -0.05) is 68.8 Å². The van der Waals surface area contributed by atoms with Crippen molar-refractivity contribution in [3.8, 4) is 11.5 Å². The first kappa shape index (κ1) is 26.5. The van der Waals surface area contributed by atoms with Gasteiger partial charge in [-0.25, -0.2) is 0 Å². The maximum Gasteiger partial charge on any atom is 0.303 e. The van der Waals surface area contributed by atoms with Crippen LogP contribution in [0.1, 0.15) is 73.0 Å². The Hall–Kier alpha value is -4.06. The van der Waals surface area contributed by atoms with Gasteiger partial charge in [0, 0.05) is 54.0 Å². The molecule has 0 fully saturated rings. The van der Waals surface area contributed by atoms with E-state index in [1.807, 2.05) is 53.2 Å². The number of hydrogen-bond acceptors (Lipinski definition) is 4. The lowest BCUT2D eigenvalue weighted by Crippen LogP contribution is -2.35. The predicted octanol–water partition coefficient (Wildman–Crippen LogP) is 7.31. The number of para-hydroxylation sites is 1. The van der Waals surface area contributed by atoms with Crippen molar-refractivity contribution >= 4 is 22.7 Å². The van der Waals surface area contributed by atoms with Gasteiger partial charge in [0.2, 0.25) is 0 Å². The number of unbranched alkanes of at least 4 members (excludes halogenated alkanes) is 1. The number of fused-ring (bicyclic) bond motifs is 2. The fraction of sp³-hybridized carbons (Fsp3) is 0.333. The number of nitrogens with zero attached hydrogens (tertiary/aromatic N) is 1. The smallest absolute Gasteiger partial charge is 0.303 e. The molecule has 0 amide bonds. The molecule has 202 valence electrons. The topological polar surface area (TPSA) is 77.8 Å². The molecule has 0 bridgehead atoms. The molecule has 1 aliphatic heterocycles. The molecule has 4 aromatic rings. The Labute approximate surface area is 229 Å². The molecule has 0 spiro atoms. The molecule has 2 heterocycles. The number of ketones is 1. The van der Waals surface area contributed by atoms with Gasteiger partial charge >= 0.3 is 5.97 Å². The molecule has 1 unspecified atom stereocenters. The first-order valence-electron chi connectivity index (χ1n) is 13.9. The monoisotopic (exact) mass is 525 g/mol. The Bertz CT molecular complexity index is 1490. The summed E-state index contributed by atoms with van der Waals surface area (Å²) in [6.45, 7) is 4.84. The number of aliphatic carboxylic acids is 1. The molecule has 6 nitrogen and oxygen atoms in total. The van der Waals surface area contributed by atoms with Crippen LogP contribution in [0.2, 0.25) is 0 Å². The van der Waals surface area contributed by atoms with E-state index >= 15 is 0 Å². The third kappa shape index (κ3) is 5.56. The fourth-order valence-electron chi connectivity index (χ4n) is 5.31. The molecule has 5 rings (SSSR count). The maximum absolute atomic E-state index is 13.5. The van der Waals surface area contributed by atoms with E-state index in [1.54, 1.807) is 0 Å². The lowest BCUT2D eigenvalue weighted by atomic mass is 9.98. The van der Waals surface area contributed by atoms with Crippen molar-refractivity contribution in [3.05, 3.63) is 95.2 Å². The quantitative estimate of drug-likeness (QED) is 0.196. The van der Waals surface area contributed by atoms with E-state index in [0.717, 1.165) is 47.7 Å². The van der Waals surface area contributed by atoms with Gasteiger partial charge in [0.1, 0.15) is 0 Å². The Morgan fingerprint density at radius 1 is 0.897 bits per heavy atom. The molecular formula is C33H35NO5. The highest BCUT2D eigenvalue weighted by Gasteiger charge is 2.43. The molecule has 1 aromatic heterocycles. The van der Waals surface area contributed by atoms with Crippen molar-refractivity contribution in [1.29, 1.82) is 0 Å². The van der Waals surface area contributed by atoms with E-state index in [-0.39, 0.29) is 18.6 Å². The number of rotatable bonds is 12. The normalized spacial score (nSPS) is 16.1. The molecule has 0 saturated carbocycles. The van der Waals surface area contributed by atoms with Crippen LogP contribution in [-0.2, 0) is 30.0 Å². The van der Waals surface area contributed by atoms with Crippen LogP contribution in [0.3, 0.4) is 0 Å². The summed E-state index contributed by atoms with van der Waals surface area (Å²) in [6, 6.07) is 22.0. The SMILES string of the molecule is CCCCC1(c2ccc(CC)cc2)Oc2ccc(CC(=O)c3cn(CCCC(=O)O)c4ccccc34)cc2O1. The molecule has 0 saturated heterocycles. The number of benzene rings is 3. The van der Waals surface area contributed by atoms with E-state index < -0.39 is 11.8 Å². The van der Waals surface area contributed by atoms with Crippen LogP contribution in [0.15, 0.2) is 72.9 Å². The molecule has 1 N–H and O–H groups in total. The van der Waals surface area contributed by atoms with Crippen molar-refractivity contribution < 1.29 is 24.2 Å². The summed E-state index contributed by atoms with van der Waals surface area (Å²) in [7, 11) is 0. The molecular weight excluding hydrogens is 490 g/mol. The summed E-state index contributed by atoms with van der Waals surface area (Å²) in [5.74, 6) is -0.322. The van der Waals surface area contributed by atoms with E-state index in [4.69, 9.17) is 14.6 Å². The number of carboxylic acid groups (broad SMARTS) is 1. The Kier molecular flexibility index (Phi) is 7.73. The molecule has 0 radical (unpaired) electrons. The third-order valence-corrected chi connectivity index (χ3v) is 7.46. The van der Waals surface area contributed by atoms with Gasteiger partial charge in [-0.3, -0.25) is 9.59 Å². The van der Waals surface area contributed by atoms with Crippen molar-refractivity contribution in [2.45, 2.75) is 71.1 Å². The highest BCUT2D eigenvalue weighted by Crippen LogP contribution is 2.47. The van der Waals surface area contributed by atoms with Crippen LogP contribution < -0.4 is 9.47 Å². The van der Waals surface area contributed by atoms with Gasteiger partial charge in [0.15, 0.2) is 17.3 Å². The second-order valence-electron chi connectivity index (χ2n) is 10.2. The summed E-state index contributed by atoms with van der Waals surface area (Å²) >= 11 is 0. The number of aryl methyl sites for hydroxylation is 2. The van der Waals surface area contributed by atoms with Crippen molar-refractivity contribution in [3.63, 3.8) is 0 Å². The summed E-state index contributed by atoms with van der Waals surface area (Å²) in [5.41, 5.74) is 4.71. The predicted molar refractivity (Wildman–Crippen MR) is 152 cm³/mol. The fourth-order valence-corrected chi connectivity index (χ4v) is 5.31. The highest BCUT2D eigenvalue weighted by atomic mass is 16.7. The molecule has 0 aliphatic carbocycles.